The Bertz CT molecular complexity index is 419. The Morgan fingerprint density at radius 2 is 2.17 bits per heavy atom. The van der Waals surface area contributed by atoms with Crippen LogP contribution in [0.3, 0.4) is 0 Å². The Balaban J connectivity index is 2.39. The van der Waals surface area contributed by atoms with Crippen molar-refractivity contribution in [3.8, 4) is 0 Å². The number of hydrazine groups is 1. The van der Waals surface area contributed by atoms with Gasteiger partial charge in [0.05, 0.1) is 6.61 Å². The van der Waals surface area contributed by atoms with Crippen molar-refractivity contribution in [3.63, 3.8) is 0 Å². The molecule has 0 aliphatic heterocycles. The SMILES string of the molecule is CCN(CCO)c1nc(C2CC2)nc(NN)c1C. The zero-order valence-corrected chi connectivity index (χ0v) is 11.0. The van der Waals surface area contributed by atoms with Gasteiger partial charge in [0.25, 0.3) is 0 Å². The Kier molecular flexibility index (Phi) is 3.98. The van der Waals surface area contributed by atoms with E-state index in [1.54, 1.807) is 0 Å². The number of hydrogen-bond donors (Lipinski definition) is 3. The fourth-order valence-electron chi connectivity index (χ4n) is 2.03. The van der Waals surface area contributed by atoms with Crippen molar-refractivity contribution in [3.05, 3.63) is 11.4 Å². The molecule has 0 saturated heterocycles. The molecule has 18 heavy (non-hydrogen) atoms. The molecule has 1 saturated carbocycles. The van der Waals surface area contributed by atoms with Crippen molar-refractivity contribution >= 4 is 11.6 Å². The molecule has 0 unspecified atom stereocenters. The molecule has 1 aliphatic rings. The van der Waals surface area contributed by atoms with Crippen LogP contribution < -0.4 is 16.2 Å². The van der Waals surface area contributed by atoms with Gasteiger partial charge in [0.2, 0.25) is 0 Å². The molecule has 2 rings (SSSR count). The second-order valence-corrected chi connectivity index (χ2v) is 4.60. The predicted octanol–water partition coefficient (Wildman–Crippen LogP) is 0.767. The van der Waals surface area contributed by atoms with Crippen molar-refractivity contribution in [2.75, 3.05) is 30.0 Å². The summed E-state index contributed by atoms with van der Waals surface area (Å²) in [6.45, 7) is 5.47. The number of aliphatic hydroxyl groups is 1. The van der Waals surface area contributed by atoms with E-state index in [4.69, 9.17) is 10.9 Å². The Morgan fingerprint density at radius 3 is 2.67 bits per heavy atom. The lowest BCUT2D eigenvalue weighted by Gasteiger charge is -2.24. The van der Waals surface area contributed by atoms with Gasteiger partial charge in [-0.2, -0.15) is 0 Å². The maximum absolute atomic E-state index is 9.11. The average molecular weight is 251 g/mol. The topological polar surface area (TPSA) is 87.3 Å². The Labute approximate surface area is 107 Å². The standard InChI is InChI=1S/C12H21N5O/c1-3-17(6-7-18)12-8(2)10(16-13)14-11(15-12)9-4-5-9/h9,18H,3-7,13H2,1-2H3,(H,14,15,16). The highest BCUT2D eigenvalue weighted by Gasteiger charge is 2.28. The molecule has 0 amide bonds. The van der Waals surface area contributed by atoms with E-state index in [2.05, 4.69) is 15.4 Å². The average Bonchev–Trinajstić information content (AvgIpc) is 3.21. The molecule has 100 valence electrons. The quantitative estimate of drug-likeness (QED) is 0.511. The highest BCUT2D eigenvalue weighted by Crippen LogP contribution is 2.39. The minimum absolute atomic E-state index is 0.113. The second kappa shape index (κ2) is 5.49. The van der Waals surface area contributed by atoms with Crippen LogP contribution in [0.2, 0.25) is 0 Å². The van der Waals surface area contributed by atoms with Crippen LogP contribution in [0.4, 0.5) is 11.6 Å². The Hall–Kier alpha value is -1.40. The van der Waals surface area contributed by atoms with E-state index in [9.17, 15) is 0 Å². The smallest absolute Gasteiger partial charge is 0.148 e. The van der Waals surface area contributed by atoms with Crippen LogP contribution in [0.25, 0.3) is 0 Å². The molecule has 0 spiro atoms. The monoisotopic (exact) mass is 251 g/mol. The highest BCUT2D eigenvalue weighted by atomic mass is 16.3. The van der Waals surface area contributed by atoms with Crippen LogP contribution in [0.15, 0.2) is 0 Å². The van der Waals surface area contributed by atoms with Crippen molar-refractivity contribution in [2.24, 2.45) is 5.84 Å². The number of aromatic nitrogens is 2. The zero-order valence-electron chi connectivity index (χ0n) is 11.0. The van der Waals surface area contributed by atoms with Gasteiger partial charge in [0.1, 0.15) is 17.5 Å². The van der Waals surface area contributed by atoms with E-state index >= 15 is 0 Å². The molecule has 1 aromatic rings. The first-order valence-electron chi connectivity index (χ1n) is 6.42. The number of aliphatic hydroxyl groups excluding tert-OH is 1. The summed E-state index contributed by atoms with van der Waals surface area (Å²) in [5.74, 6) is 8.40. The second-order valence-electron chi connectivity index (χ2n) is 4.60. The normalized spacial score (nSPS) is 14.7. The van der Waals surface area contributed by atoms with Crippen LogP contribution in [-0.4, -0.2) is 34.8 Å². The fraction of sp³-hybridized carbons (Fsp3) is 0.667. The Morgan fingerprint density at radius 1 is 1.44 bits per heavy atom. The van der Waals surface area contributed by atoms with Gasteiger partial charge in [-0.3, -0.25) is 0 Å². The van der Waals surface area contributed by atoms with E-state index in [1.807, 2.05) is 18.7 Å². The number of nitrogen functional groups attached to an aromatic ring is 1. The lowest BCUT2D eigenvalue weighted by atomic mass is 10.2. The van der Waals surface area contributed by atoms with E-state index < -0.39 is 0 Å². The van der Waals surface area contributed by atoms with Crippen LogP contribution >= 0.6 is 0 Å². The predicted molar refractivity (Wildman–Crippen MR) is 71.5 cm³/mol. The first-order valence-corrected chi connectivity index (χ1v) is 6.42. The first kappa shape index (κ1) is 13.0. The minimum Gasteiger partial charge on any atom is -0.395 e. The number of nitrogens with two attached hydrogens (primary N) is 1. The third-order valence-electron chi connectivity index (χ3n) is 3.27. The summed E-state index contributed by atoms with van der Waals surface area (Å²) in [6, 6.07) is 0. The zero-order chi connectivity index (χ0) is 13.1. The van der Waals surface area contributed by atoms with Crippen LogP contribution in [0.5, 0.6) is 0 Å². The van der Waals surface area contributed by atoms with Crippen LogP contribution in [0.1, 0.15) is 37.1 Å². The van der Waals surface area contributed by atoms with E-state index in [-0.39, 0.29) is 6.61 Å². The summed E-state index contributed by atoms with van der Waals surface area (Å²) in [7, 11) is 0. The third-order valence-corrected chi connectivity index (χ3v) is 3.27. The van der Waals surface area contributed by atoms with Crippen molar-refractivity contribution < 1.29 is 5.11 Å². The minimum atomic E-state index is 0.113. The van der Waals surface area contributed by atoms with Crippen molar-refractivity contribution in [1.82, 2.24) is 9.97 Å². The lowest BCUT2D eigenvalue weighted by Crippen LogP contribution is -2.29. The summed E-state index contributed by atoms with van der Waals surface area (Å²) >= 11 is 0. The molecule has 1 aliphatic carbocycles. The summed E-state index contributed by atoms with van der Waals surface area (Å²) in [5, 5.41) is 9.11. The largest absolute Gasteiger partial charge is 0.395 e. The number of anilines is 2. The molecule has 6 nitrogen and oxygen atoms in total. The molecule has 1 heterocycles. The third kappa shape index (κ3) is 2.54. The molecule has 1 aromatic heterocycles. The number of hydrogen-bond acceptors (Lipinski definition) is 6. The molecular formula is C12H21N5O. The lowest BCUT2D eigenvalue weighted by molar-refractivity contribution is 0.302. The number of nitrogens with one attached hydrogen (secondary N) is 1. The van der Waals surface area contributed by atoms with Gasteiger partial charge in [-0.15, -0.1) is 0 Å². The van der Waals surface area contributed by atoms with Gasteiger partial charge in [0, 0.05) is 24.6 Å². The first-order chi connectivity index (χ1) is 8.71. The van der Waals surface area contributed by atoms with Crippen molar-refractivity contribution in [2.45, 2.75) is 32.6 Å². The highest BCUT2D eigenvalue weighted by molar-refractivity contribution is 5.58. The molecule has 0 radical (unpaired) electrons. The summed E-state index contributed by atoms with van der Waals surface area (Å²) in [4.78, 5) is 11.1. The van der Waals surface area contributed by atoms with Gasteiger partial charge in [-0.05, 0) is 26.7 Å². The summed E-state index contributed by atoms with van der Waals surface area (Å²) in [6.07, 6.45) is 2.30. The fourth-order valence-corrected chi connectivity index (χ4v) is 2.03. The molecule has 0 aromatic carbocycles. The van der Waals surface area contributed by atoms with Gasteiger partial charge in [-0.1, -0.05) is 0 Å². The van der Waals surface area contributed by atoms with E-state index in [0.29, 0.717) is 18.3 Å². The van der Waals surface area contributed by atoms with Gasteiger partial charge in [-0.25, -0.2) is 15.8 Å². The van der Waals surface area contributed by atoms with Gasteiger partial charge in [0.15, 0.2) is 0 Å². The van der Waals surface area contributed by atoms with Crippen LogP contribution in [0, 0.1) is 6.92 Å². The molecule has 1 fully saturated rings. The van der Waals surface area contributed by atoms with Gasteiger partial charge >= 0.3 is 0 Å². The maximum Gasteiger partial charge on any atom is 0.148 e. The number of rotatable bonds is 6. The van der Waals surface area contributed by atoms with E-state index in [1.165, 1.54) is 0 Å². The summed E-state index contributed by atoms with van der Waals surface area (Å²) < 4.78 is 0. The van der Waals surface area contributed by atoms with Crippen LogP contribution in [-0.2, 0) is 0 Å². The maximum atomic E-state index is 9.11. The van der Waals surface area contributed by atoms with E-state index in [0.717, 1.165) is 36.6 Å². The molecule has 6 heteroatoms. The van der Waals surface area contributed by atoms with Crippen molar-refractivity contribution in [1.29, 1.82) is 0 Å². The molecule has 0 atom stereocenters. The number of nitrogens with zero attached hydrogens (tertiary/aromatic N) is 3. The molecular weight excluding hydrogens is 230 g/mol. The summed E-state index contributed by atoms with van der Waals surface area (Å²) in [5.41, 5.74) is 3.57. The molecule has 4 N–H and O–H groups in total. The molecule has 0 bridgehead atoms. The number of likely N-dealkylation sites (N-methyl/N-ethyl adjacent to an activating group) is 1. The van der Waals surface area contributed by atoms with Gasteiger partial charge < -0.3 is 15.4 Å².